The Morgan fingerprint density at radius 3 is 1.18 bits per heavy atom. The lowest BCUT2D eigenvalue weighted by Gasteiger charge is -2.17. The van der Waals surface area contributed by atoms with Crippen LogP contribution in [0.1, 0.15) is 41.5 Å². The van der Waals surface area contributed by atoms with Gasteiger partial charge in [-0.3, -0.25) is 9.59 Å². The van der Waals surface area contributed by atoms with Gasteiger partial charge < -0.3 is 0 Å². The van der Waals surface area contributed by atoms with E-state index < -0.39 is 31.2 Å². The summed E-state index contributed by atoms with van der Waals surface area (Å²) in [6.45, 7) is 10.0. The van der Waals surface area contributed by atoms with Gasteiger partial charge in [0.15, 0.2) is 21.4 Å². The first kappa shape index (κ1) is 14.4. The third kappa shape index (κ3) is 2.44. The second-order valence-electron chi connectivity index (χ2n) is 6.66. The highest BCUT2D eigenvalue weighted by molar-refractivity contribution is 8.01. The Morgan fingerprint density at radius 2 is 1.00 bits per heavy atom. The molecule has 17 heavy (non-hydrogen) atoms. The zero-order valence-corrected chi connectivity index (χ0v) is 12.0. The van der Waals surface area contributed by atoms with Crippen LogP contribution in [-0.4, -0.2) is 30.5 Å². The first-order valence-electron chi connectivity index (χ1n) is 5.62. The third-order valence-corrected chi connectivity index (χ3v) is 4.98. The van der Waals surface area contributed by atoms with Crippen LogP contribution in [0.15, 0.2) is 0 Å². The van der Waals surface area contributed by atoms with Gasteiger partial charge in [0.25, 0.3) is 0 Å². The van der Waals surface area contributed by atoms with Crippen LogP contribution >= 0.6 is 0 Å². The molecule has 98 valence electrons. The van der Waals surface area contributed by atoms with Crippen molar-refractivity contribution in [3.8, 4) is 0 Å². The highest BCUT2D eigenvalue weighted by atomic mass is 32.2. The molecule has 1 rings (SSSR count). The van der Waals surface area contributed by atoms with Crippen molar-refractivity contribution in [1.29, 1.82) is 0 Å². The van der Waals surface area contributed by atoms with E-state index in [-0.39, 0.29) is 11.6 Å². The van der Waals surface area contributed by atoms with E-state index in [1.54, 1.807) is 41.5 Å². The molecule has 2 atom stereocenters. The van der Waals surface area contributed by atoms with Crippen molar-refractivity contribution >= 4 is 21.4 Å². The summed E-state index contributed by atoms with van der Waals surface area (Å²) in [5, 5.41) is -2.23. The van der Waals surface area contributed by atoms with Crippen molar-refractivity contribution in [2.45, 2.75) is 52.0 Å². The molecule has 0 radical (unpaired) electrons. The summed E-state index contributed by atoms with van der Waals surface area (Å²) < 4.78 is 23.5. The van der Waals surface area contributed by atoms with Crippen LogP contribution in [0.3, 0.4) is 0 Å². The Bertz CT molecular complexity index is 422. The van der Waals surface area contributed by atoms with Gasteiger partial charge in [-0.2, -0.15) is 0 Å². The zero-order chi connectivity index (χ0) is 13.8. The number of carbonyl (C=O) groups excluding carboxylic acids is 2. The maximum Gasteiger partial charge on any atom is 0.173 e. The molecule has 1 saturated heterocycles. The summed E-state index contributed by atoms with van der Waals surface area (Å²) >= 11 is 0. The van der Waals surface area contributed by atoms with Gasteiger partial charge in [0.1, 0.15) is 10.5 Å². The van der Waals surface area contributed by atoms with Gasteiger partial charge in [-0.15, -0.1) is 0 Å². The molecule has 0 saturated carbocycles. The topological polar surface area (TPSA) is 68.3 Å². The smallest absolute Gasteiger partial charge is 0.173 e. The number of Topliss-reactive ketones (excluding diaryl/α,β-unsaturated/α-hetero) is 2. The maximum atomic E-state index is 12.0. The zero-order valence-electron chi connectivity index (χ0n) is 11.2. The average Bonchev–Trinajstić information content (AvgIpc) is 2.62. The second-order valence-corrected chi connectivity index (χ2v) is 8.85. The van der Waals surface area contributed by atoms with Gasteiger partial charge in [0.05, 0.1) is 0 Å². The van der Waals surface area contributed by atoms with Gasteiger partial charge >= 0.3 is 0 Å². The Labute approximate surface area is 103 Å². The minimum absolute atomic E-state index is 0.361. The lowest BCUT2D eigenvalue weighted by Crippen LogP contribution is -2.32. The monoisotopic (exact) mass is 260 g/mol. The van der Waals surface area contributed by atoms with Crippen LogP contribution in [0, 0.1) is 10.8 Å². The predicted molar refractivity (Wildman–Crippen MR) is 65.4 cm³/mol. The molecule has 0 aromatic carbocycles. The molecule has 0 N–H and O–H groups in total. The van der Waals surface area contributed by atoms with Crippen LogP contribution < -0.4 is 0 Å². The fraction of sp³-hybridized carbons (Fsp3) is 0.833. The minimum Gasteiger partial charge on any atom is -0.298 e. The molecule has 5 heteroatoms. The van der Waals surface area contributed by atoms with Gasteiger partial charge in [0.2, 0.25) is 0 Å². The molecule has 1 fully saturated rings. The van der Waals surface area contributed by atoms with E-state index in [1.165, 1.54) is 0 Å². The standard InChI is InChI=1S/C12H20O4S/c1-11(2,3)9(13)7-8(17(7,15)16)10(14)12(4,5)6/h7-8H,1-6H3/t7-,8-/m0/s1. The molecule has 0 aromatic rings. The number of hydrogen-bond acceptors (Lipinski definition) is 4. The average molecular weight is 260 g/mol. The van der Waals surface area contributed by atoms with E-state index in [4.69, 9.17) is 0 Å². The van der Waals surface area contributed by atoms with Crippen molar-refractivity contribution in [2.24, 2.45) is 10.8 Å². The summed E-state index contributed by atoms with van der Waals surface area (Å²) in [6, 6.07) is 0. The minimum atomic E-state index is -3.56. The van der Waals surface area contributed by atoms with Crippen LogP contribution in [-0.2, 0) is 19.4 Å². The quantitative estimate of drug-likeness (QED) is 0.703. The van der Waals surface area contributed by atoms with E-state index >= 15 is 0 Å². The Morgan fingerprint density at radius 1 is 0.765 bits per heavy atom. The van der Waals surface area contributed by atoms with Crippen molar-refractivity contribution in [1.82, 2.24) is 0 Å². The lowest BCUT2D eigenvalue weighted by molar-refractivity contribution is -0.129. The number of rotatable bonds is 2. The molecular weight excluding hydrogens is 240 g/mol. The maximum absolute atomic E-state index is 12.0. The predicted octanol–water partition coefficient (Wildman–Crippen LogP) is 1.38. The van der Waals surface area contributed by atoms with E-state index in [0.717, 1.165) is 0 Å². The molecule has 4 nitrogen and oxygen atoms in total. The molecule has 0 spiro atoms. The van der Waals surface area contributed by atoms with Gasteiger partial charge in [0, 0.05) is 10.8 Å². The van der Waals surface area contributed by atoms with E-state index in [0.29, 0.717) is 0 Å². The summed E-state index contributed by atoms with van der Waals surface area (Å²) in [5.41, 5.74) is -1.46. The number of carbonyl (C=O) groups is 2. The summed E-state index contributed by atoms with van der Waals surface area (Å²) in [6.07, 6.45) is 0. The van der Waals surface area contributed by atoms with Crippen LogP contribution in [0.4, 0.5) is 0 Å². The summed E-state index contributed by atoms with van der Waals surface area (Å²) in [5.74, 6) is -0.722. The highest BCUT2D eigenvalue weighted by Crippen LogP contribution is 2.42. The van der Waals surface area contributed by atoms with Gasteiger partial charge in [-0.25, -0.2) is 8.42 Å². The molecule has 0 bridgehead atoms. The Kier molecular flexibility index (Phi) is 3.07. The van der Waals surface area contributed by atoms with Crippen molar-refractivity contribution in [2.75, 3.05) is 0 Å². The number of sulfone groups is 1. The fourth-order valence-corrected chi connectivity index (χ4v) is 4.06. The van der Waals surface area contributed by atoms with Crippen LogP contribution in [0.2, 0.25) is 0 Å². The normalized spacial score (nSPS) is 27.6. The number of hydrogen-bond donors (Lipinski definition) is 0. The Balaban J connectivity index is 3.03. The highest BCUT2D eigenvalue weighted by Gasteiger charge is 2.67. The molecule has 1 aliphatic rings. The SMILES string of the molecule is CC(C)(C)C(=O)[C@@H]1[C@@H](C(=O)C(C)(C)C)S1(=O)=O. The largest absolute Gasteiger partial charge is 0.298 e. The molecule has 1 aliphatic heterocycles. The molecule has 0 aromatic heterocycles. The van der Waals surface area contributed by atoms with Crippen molar-refractivity contribution < 1.29 is 18.0 Å². The molecule has 1 heterocycles. The summed E-state index contributed by atoms with van der Waals surface area (Å²) in [7, 11) is -3.56. The fourth-order valence-electron chi connectivity index (χ4n) is 1.70. The first-order chi connectivity index (χ1) is 7.31. The lowest BCUT2D eigenvalue weighted by atomic mass is 9.83. The van der Waals surface area contributed by atoms with Gasteiger partial charge in [-0.05, 0) is 0 Å². The van der Waals surface area contributed by atoms with Crippen molar-refractivity contribution in [3.63, 3.8) is 0 Å². The van der Waals surface area contributed by atoms with E-state index in [9.17, 15) is 18.0 Å². The van der Waals surface area contributed by atoms with Gasteiger partial charge in [-0.1, -0.05) is 41.5 Å². The summed E-state index contributed by atoms with van der Waals surface area (Å²) in [4.78, 5) is 23.9. The molecule has 0 unspecified atom stereocenters. The van der Waals surface area contributed by atoms with E-state index in [2.05, 4.69) is 0 Å². The molecule has 0 aliphatic carbocycles. The van der Waals surface area contributed by atoms with Crippen molar-refractivity contribution in [3.05, 3.63) is 0 Å². The number of ketones is 2. The first-order valence-corrected chi connectivity index (χ1v) is 7.23. The second kappa shape index (κ2) is 3.64. The van der Waals surface area contributed by atoms with Crippen LogP contribution in [0.5, 0.6) is 0 Å². The van der Waals surface area contributed by atoms with Crippen LogP contribution in [0.25, 0.3) is 0 Å². The third-order valence-electron chi connectivity index (χ3n) is 2.90. The van der Waals surface area contributed by atoms with E-state index in [1.807, 2.05) is 0 Å². The molecule has 0 amide bonds. The molecular formula is C12H20O4S. The Hall–Kier alpha value is -0.710.